The van der Waals surface area contributed by atoms with Crippen molar-refractivity contribution in [2.45, 2.75) is 16.5 Å². The van der Waals surface area contributed by atoms with E-state index in [9.17, 15) is 8.42 Å². The summed E-state index contributed by atoms with van der Waals surface area (Å²) in [6, 6.07) is 23.2. The molecular weight excluding hydrogens is 500 g/mol. The van der Waals surface area contributed by atoms with E-state index in [1.807, 2.05) is 30.3 Å². The molecule has 1 heterocycles. The van der Waals surface area contributed by atoms with Crippen molar-refractivity contribution in [3.8, 4) is 11.5 Å². The van der Waals surface area contributed by atoms with Gasteiger partial charge < -0.3 is 9.32 Å². The molecule has 4 aromatic rings. The molecular formula is C23H18BrClN2O3S. The lowest BCUT2D eigenvalue weighted by atomic mass is 10.2. The highest BCUT2D eigenvalue weighted by Gasteiger charge is 2.31. The monoisotopic (exact) mass is 516 g/mol. The van der Waals surface area contributed by atoms with Gasteiger partial charge in [0.2, 0.25) is 26.6 Å². The van der Waals surface area contributed by atoms with Crippen molar-refractivity contribution in [3.63, 3.8) is 0 Å². The molecule has 5 nitrogen and oxygen atoms in total. The minimum absolute atomic E-state index is 0.129. The number of benzene rings is 3. The van der Waals surface area contributed by atoms with E-state index in [0.717, 1.165) is 10.0 Å². The lowest BCUT2D eigenvalue weighted by Gasteiger charge is -2.17. The Morgan fingerprint density at radius 3 is 2.29 bits per heavy atom. The van der Waals surface area contributed by atoms with Gasteiger partial charge in [-0.25, -0.2) is 8.42 Å². The Morgan fingerprint density at radius 2 is 1.61 bits per heavy atom. The first kappa shape index (κ1) is 21.6. The summed E-state index contributed by atoms with van der Waals surface area (Å²) in [5.74, 6) is 0.304. The Hall–Kier alpha value is -2.61. The Balaban J connectivity index is 1.84. The van der Waals surface area contributed by atoms with Crippen LogP contribution in [0.3, 0.4) is 0 Å². The van der Waals surface area contributed by atoms with Gasteiger partial charge in [0, 0.05) is 18.1 Å². The fraction of sp³-hybridized carbons (Fsp3) is 0.0870. The minimum atomic E-state index is -3.93. The molecule has 0 saturated heterocycles. The van der Waals surface area contributed by atoms with Crippen LogP contribution < -0.4 is 4.90 Å². The molecule has 0 fully saturated rings. The molecule has 0 aliphatic rings. The topological polar surface area (TPSA) is 63.4 Å². The molecule has 1 aromatic heterocycles. The number of halogens is 2. The highest BCUT2D eigenvalue weighted by Crippen LogP contribution is 2.37. The summed E-state index contributed by atoms with van der Waals surface area (Å²) >= 11 is 9.64. The molecule has 31 heavy (non-hydrogen) atoms. The van der Waals surface area contributed by atoms with E-state index < -0.39 is 9.84 Å². The Labute approximate surface area is 194 Å². The van der Waals surface area contributed by atoms with E-state index in [-0.39, 0.29) is 21.7 Å². The molecule has 0 saturated carbocycles. The number of hydrogen-bond acceptors (Lipinski definition) is 5. The molecule has 0 aliphatic carbocycles. The average molecular weight is 518 g/mol. The molecule has 0 aliphatic heterocycles. The molecule has 0 radical (unpaired) electrons. The number of aromatic nitrogens is 1. The van der Waals surface area contributed by atoms with Crippen molar-refractivity contribution in [2.24, 2.45) is 0 Å². The number of anilines is 1. The third-order valence-electron chi connectivity index (χ3n) is 4.67. The fourth-order valence-corrected chi connectivity index (χ4v) is 4.95. The van der Waals surface area contributed by atoms with Crippen LogP contribution in [0.4, 0.5) is 5.88 Å². The van der Waals surface area contributed by atoms with Gasteiger partial charge in [-0.3, -0.25) is 0 Å². The third kappa shape index (κ3) is 4.54. The fourth-order valence-electron chi connectivity index (χ4n) is 3.12. The highest BCUT2D eigenvalue weighted by molar-refractivity contribution is 9.10. The summed E-state index contributed by atoms with van der Waals surface area (Å²) in [5, 5.41) is 0.275. The van der Waals surface area contributed by atoms with Crippen LogP contribution in [0.2, 0.25) is 5.02 Å². The maximum atomic E-state index is 13.5. The van der Waals surface area contributed by atoms with E-state index in [2.05, 4.69) is 20.9 Å². The maximum Gasteiger partial charge on any atom is 0.236 e. The molecule has 4 rings (SSSR count). The second kappa shape index (κ2) is 8.86. The maximum absolute atomic E-state index is 13.5. The average Bonchev–Trinajstić information content (AvgIpc) is 3.21. The highest BCUT2D eigenvalue weighted by atomic mass is 79.9. The van der Waals surface area contributed by atoms with Crippen LogP contribution in [0.1, 0.15) is 5.56 Å². The van der Waals surface area contributed by atoms with Crippen molar-refractivity contribution in [1.82, 2.24) is 4.98 Å². The predicted octanol–water partition coefficient (Wildman–Crippen LogP) is 6.23. The van der Waals surface area contributed by atoms with Crippen LogP contribution in [0.25, 0.3) is 11.5 Å². The molecule has 0 amide bonds. The van der Waals surface area contributed by atoms with Crippen molar-refractivity contribution < 1.29 is 12.8 Å². The molecule has 0 N–H and O–H groups in total. The van der Waals surface area contributed by atoms with Crippen LogP contribution in [-0.4, -0.2) is 20.4 Å². The van der Waals surface area contributed by atoms with Crippen molar-refractivity contribution in [3.05, 3.63) is 93.9 Å². The van der Waals surface area contributed by atoms with Gasteiger partial charge in [-0.05, 0) is 42.0 Å². The van der Waals surface area contributed by atoms with Crippen LogP contribution in [0.15, 0.2) is 97.7 Å². The first-order valence-electron chi connectivity index (χ1n) is 9.38. The summed E-state index contributed by atoms with van der Waals surface area (Å²) in [5.41, 5.74) is 1.53. The third-order valence-corrected chi connectivity index (χ3v) is 7.20. The largest absolute Gasteiger partial charge is 0.419 e. The number of oxazole rings is 1. The van der Waals surface area contributed by atoms with Crippen LogP contribution >= 0.6 is 27.5 Å². The first-order chi connectivity index (χ1) is 14.9. The second-order valence-corrected chi connectivity index (χ2v) is 10.1. The lowest BCUT2D eigenvalue weighted by molar-refractivity contribution is 0.554. The predicted molar refractivity (Wildman–Crippen MR) is 125 cm³/mol. The van der Waals surface area contributed by atoms with Crippen LogP contribution in [0, 0.1) is 0 Å². The summed E-state index contributed by atoms with van der Waals surface area (Å²) in [6.45, 7) is 0.445. The van der Waals surface area contributed by atoms with Gasteiger partial charge in [-0.2, -0.15) is 4.98 Å². The zero-order valence-corrected chi connectivity index (χ0v) is 19.7. The number of nitrogens with zero attached hydrogens (tertiary/aromatic N) is 2. The zero-order chi connectivity index (χ0) is 22.0. The van der Waals surface area contributed by atoms with Crippen LogP contribution in [-0.2, 0) is 16.4 Å². The molecule has 158 valence electrons. The van der Waals surface area contributed by atoms with Crippen molar-refractivity contribution in [1.29, 1.82) is 0 Å². The van der Waals surface area contributed by atoms with Gasteiger partial charge in [0.05, 0.1) is 15.5 Å². The quantitative estimate of drug-likeness (QED) is 0.303. The Kier molecular flexibility index (Phi) is 6.18. The lowest BCUT2D eigenvalue weighted by Crippen LogP contribution is -2.18. The van der Waals surface area contributed by atoms with Gasteiger partial charge in [-0.15, -0.1) is 0 Å². The number of sulfone groups is 1. The number of rotatable bonds is 6. The normalized spacial score (nSPS) is 11.5. The van der Waals surface area contributed by atoms with E-state index in [1.54, 1.807) is 48.3 Å². The summed E-state index contributed by atoms with van der Waals surface area (Å²) < 4.78 is 33.7. The van der Waals surface area contributed by atoms with Crippen molar-refractivity contribution >= 4 is 43.3 Å². The van der Waals surface area contributed by atoms with E-state index >= 15 is 0 Å². The Morgan fingerprint density at radius 1 is 0.968 bits per heavy atom. The summed E-state index contributed by atoms with van der Waals surface area (Å²) in [4.78, 5) is 6.24. The second-order valence-electron chi connectivity index (χ2n) is 6.91. The molecule has 0 atom stereocenters. The molecule has 3 aromatic carbocycles. The standard InChI is InChI=1S/C23H18BrClN2O3S/c1-27(15-16-7-3-2-4-8-16)23-22(31(28,29)18-13-11-17(24)12-14-18)26-21(30-23)19-9-5-6-10-20(19)25/h2-14H,15H2,1H3. The molecule has 8 heteroatoms. The minimum Gasteiger partial charge on any atom is -0.419 e. The number of hydrogen-bond donors (Lipinski definition) is 0. The van der Waals surface area contributed by atoms with E-state index in [1.165, 1.54) is 12.1 Å². The zero-order valence-electron chi connectivity index (χ0n) is 16.5. The molecule has 0 unspecified atom stereocenters. The summed E-state index contributed by atoms with van der Waals surface area (Å²) in [6.07, 6.45) is 0. The van der Waals surface area contributed by atoms with Gasteiger partial charge >= 0.3 is 0 Å². The first-order valence-corrected chi connectivity index (χ1v) is 12.0. The van der Waals surface area contributed by atoms with Gasteiger partial charge in [-0.1, -0.05) is 70.0 Å². The molecule has 0 bridgehead atoms. The SMILES string of the molecule is CN(Cc1ccccc1)c1oc(-c2ccccc2Cl)nc1S(=O)(=O)c1ccc(Br)cc1. The summed E-state index contributed by atoms with van der Waals surface area (Å²) in [7, 11) is -2.17. The molecule has 0 spiro atoms. The van der Waals surface area contributed by atoms with E-state index in [4.69, 9.17) is 16.0 Å². The van der Waals surface area contributed by atoms with Gasteiger partial charge in [0.15, 0.2) is 0 Å². The van der Waals surface area contributed by atoms with Gasteiger partial charge in [0.25, 0.3) is 0 Å². The van der Waals surface area contributed by atoms with Crippen LogP contribution in [0.5, 0.6) is 0 Å². The Bertz CT molecular complexity index is 1310. The van der Waals surface area contributed by atoms with Gasteiger partial charge in [0.1, 0.15) is 0 Å². The van der Waals surface area contributed by atoms with Crippen molar-refractivity contribution in [2.75, 3.05) is 11.9 Å². The van der Waals surface area contributed by atoms with E-state index in [0.29, 0.717) is 17.1 Å². The smallest absolute Gasteiger partial charge is 0.236 e.